The lowest BCUT2D eigenvalue weighted by Crippen LogP contribution is -2.06. The molecule has 28 heavy (non-hydrogen) atoms. The Kier molecular flexibility index (Phi) is 4.87. The van der Waals surface area contributed by atoms with Crippen LogP contribution < -0.4 is 5.32 Å². The number of aryl methyl sites for hydroxylation is 1. The summed E-state index contributed by atoms with van der Waals surface area (Å²) in [5.41, 5.74) is 4.06. The smallest absolute Gasteiger partial charge is 0.331 e. The number of rotatable bonds is 5. The van der Waals surface area contributed by atoms with E-state index >= 15 is 0 Å². The van der Waals surface area contributed by atoms with Crippen LogP contribution in [0, 0.1) is 6.92 Å². The Morgan fingerprint density at radius 2 is 2.11 bits per heavy atom. The summed E-state index contributed by atoms with van der Waals surface area (Å²) >= 11 is 1.59. The molecule has 1 aliphatic heterocycles. The number of carboxylic acid groups (broad SMARTS) is 1. The van der Waals surface area contributed by atoms with Gasteiger partial charge in [-0.3, -0.25) is 0 Å². The predicted molar refractivity (Wildman–Crippen MR) is 108 cm³/mol. The normalized spacial score (nSPS) is 12.9. The molecule has 1 aliphatic rings. The van der Waals surface area contributed by atoms with Gasteiger partial charge in [-0.2, -0.15) is 0 Å². The van der Waals surface area contributed by atoms with Crippen LogP contribution in [-0.4, -0.2) is 30.6 Å². The van der Waals surface area contributed by atoms with Crippen molar-refractivity contribution in [3.8, 4) is 0 Å². The van der Waals surface area contributed by atoms with E-state index in [1.54, 1.807) is 36.6 Å². The topological polar surface area (TPSA) is 92.9 Å². The Balaban J connectivity index is 1.63. The third-order valence-corrected chi connectivity index (χ3v) is 5.63. The molecule has 2 N–H and O–H groups in total. The fraction of sp³-hybridized carbons (Fsp3) is 0.200. The van der Waals surface area contributed by atoms with Crippen molar-refractivity contribution < 1.29 is 9.90 Å². The van der Waals surface area contributed by atoms with E-state index in [-0.39, 0.29) is 0 Å². The highest BCUT2D eigenvalue weighted by Crippen LogP contribution is 2.42. The summed E-state index contributed by atoms with van der Waals surface area (Å²) in [5.74, 6) is -0.141. The number of anilines is 2. The molecule has 8 heteroatoms. The van der Waals surface area contributed by atoms with Crippen LogP contribution in [0.4, 0.5) is 11.5 Å². The van der Waals surface area contributed by atoms with E-state index in [2.05, 4.69) is 38.5 Å². The van der Waals surface area contributed by atoms with Crippen LogP contribution >= 0.6 is 11.8 Å². The Labute approximate surface area is 166 Å². The van der Waals surface area contributed by atoms with Crippen molar-refractivity contribution in [3.05, 3.63) is 59.4 Å². The van der Waals surface area contributed by atoms with Gasteiger partial charge in [0.15, 0.2) is 5.82 Å². The lowest BCUT2D eigenvalue weighted by Gasteiger charge is -2.19. The van der Waals surface area contributed by atoms with Gasteiger partial charge in [-0.15, -0.1) is 0 Å². The number of aromatic nitrogens is 4. The number of hydrogen-bond donors (Lipinski definition) is 2. The maximum Gasteiger partial charge on any atom is 0.331 e. The van der Waals surface area contributed by atoms with Crippen LogP contribution in [-0.2, 0) is 11.3 Å². The molecule has 0 aliphatic carbocycles. The van der Waals surface area contributed by atoms with Crippen molar-refractivity contribution >= 4 is 35.3 Å². The quantitative estimate of drug-likeness (QED) is 0.493. The number of imidazole rings is 1. The Morgan fingerprint density at radius 1 is 1.29 bits per heavy atom. The average Bonchev–Trinajstić information content (AvgIpc) is 3.03. The van der Waals surface area contributed by atoms with E-state index in [1.165, 1.54) is 0 Å². The first kappa shape index (κ1) is 18.2. The second-order valence-corrected chi connectivity index (χ2v) is 7.47. The van der Waals surface area contributed by atoms with Crippen LogP contribution in [0.15, 0.2) is 52.4 Å². The van der Waals surface area contributed by atoms with Crippen molar-refractivity contribution in [3.63, 3.8) is 0 Å². The maximum absolute atomic E-state index is 11.4. The highest BCUT2D eigenvalue weighted by atomic mass is 32.2. The van der Waals surface area contributed by atoms with Gasteiger partial charge in [-0.25, -0.2) is 19.7 Å². The minimum atomic E-state index is -0.899. The Hall–Kier alpha value is -3.13. The minimum absolute atomic E-state index is 0.364. The maximum atomic E-state index is 11.4. The second-order valence-electron chi connectivity index (χ2n) is 6.44. The zero-order chi connectivity index (χ0) is 19.7. The molecule has 3 heterocycles. The summed E-state index contributed by atoms with van der Waals surface area (Å²) in [6.07, 6.45) is 7.27. The van der Waals surface area contributed by atoms with E-state index in [1.807, 2.05) is 18.4 Å². The number of fused-ring (bicyclic) bond motifs is 2. The first-order valence-corrected chi connectivity index (χ1v) is 9.71. The number of carbonyl (C=O) groups is 1. The summed E-state index contributed by atoms with van der Waals surface area (Å²) in [5, 5.41) is 13.5. The molecule has 0 spiro atoms. The van der Waals surface area contributed by atoms with E-state index in [0.717, 1.165) is 38.4 Å². The summed E-state index contributed by atoms with van der Waals surface area (Å²) in [6, 6.07) is 6.21. The molecular weight excluding hydrogens is 374 g/mol. The Bertz CT molecular complexity index is 1090. The van der Waals surface area contributed by atoms with Gasteiger partial charge in [-0.1, -0.05) is 24.8 Å². The SMILES string of the molecule is CC/C(=C\c1c(C)ncn1Cc1ccc2c(c1)Nc1nccnc1S2)C(=O)O. The third-order valence-electron chi connectivity index (χ3n) is 4.56. The first-order chi connectivity index (χ1) is 13.5. The fourth-order valence-electron chi connectivity index (χ4n) is 3.06. The molecule has 0 bridgehead atoms. The molecule has 7 nitrogen and oxygen atoms in total. The fourth-order valence-corrected chi connectivity index (χ4v) is 3.94. The van der Waals surface area contributed by atoms with Gasteiger partial charge in [0.25, 0.3) is 0 Å². The van der Waals surface area contributed by atoms with E-state index in [4.69, 9.17) is 0 Å². The molecule has 3 aromatic rings. The van der Waals surface area contributed by atoms with E-state index in [0.29, 0.717) is 18.5 Å². The molecule has 142 valence electrons. The first-order valence-electron chi connectivity index (χ1n) is 8.89. The van der Waals surface area contributed by atoms with E-state index in [9.17, 15) is 9.90 Å². The molecule has 0 amide bonds. The zero-order valence-electron chi connectivity index (χ0n) is 15.5. The number of hydrogen-bond acceptors (Lipinski definition) is 6. The molecule has 4 rings (SSSR count). The average molecular weight is 393 g/mol. The molecule has 0 atom stereocenters. The van der Waals surface area contributed by atoms with Gasteiger partial charge >= 0.3 is 5.97 Å². The lowest BCUT2D eigenvalue weighted by atomic mass is 10.1. The third kappa shape index (κ3) is 3.50. The van der Waals surface area contributed by atoms with Crippen LogP contribution in [0.1, 0.15) is 30.3 Å². The highest BCUT2D eigenvalue weighted by Gasteiger charge is 2.18. The number of carboxylic acids is 1. The van der Waals surface area contributed by atoms with E-state index < -0.39 is 5.97 Å². The van der Waals surface area contributed by atoms with Crippen LogP contribution in [0.25, 0.3) is 6.08 Å². The number of benzene rings is 1. The Morgan fingerprint density at radius 3 is 2.89 bits per heavy atom. The van der Waals surface area contributed by atoms with Crippen molar-refractivity contribution in [1.29, 1.82) is 0 Å². The molecule has 0 unspecified atom stereocenters. The van der Waals surface area contributed by atoms with Gasteiger partial charge in [0.05, 0.1) is 23.4 Å². The predicted octanol–water partition coefficient (Wildman–Crippen LogP) is 4.12. The van der Waals surface area contributed by atoms with Gasteiger partial charge in [0.1, 0.15) is 5.03 Å². The summed E-state index contributed by atoms with van der Waals surface area (Å²) in [6.45, 7) is 4.32. The van der Waals surface area contributed by atoms with Crippen LogP contribution in [0.2, 0.25) is 0 Å². The monoisotopic (exact) mass is 393 g/mol. The number of aliphatic carboxylic acids is 1. The second kappa shape index (κ2) is 7.47. The molecule has 0 saturated carbocycles. The summed E-state index contributed by atoms with van der Waals surface area (Å²) in [4.78, 5) is 25.5. The van der Waals surface area contributed by atoms with Crippen molar-refractivity contribution in [2.24, 2.45) is 0 Å². The summed E-state index contributed by atoms with van der Waals surface area (Å²) in [7, 11) is 0. The van der Waals surface area contributed by atoms with Gasteiger partial charge < -0.3 is 15.0 Å². The highest BCUT2D eigenvalue weighted by molar-refractivity contribution is 7.99. The molecule has 0 fully saturated rings. The molecule has 2 aromatic heterocycles. The number of nitrogens with one attached hydrogen (secondary N) is 1. The van der Waals surface area contributed by atoms with Crippen LogP contribution in [0.5, 0.6) is 0 Å². The van der Waals surface area contributed by atoms with Crippen molar-refractivity contribution in [1.82, 2.24) is 19.5 Å². The van der Waals surface area contributed by atoms with Gasteiger partial charge in [0.2, 0.25) is 0 Å². The van der Waals surface area contributed by atoms with Gasteiger partial charge in [-0.05, 0) is 37.1 Å². The molecule has 1 aromatic carbocycles. The molecule has 0 saturated heterocycles. The van der Waals surface area contributed by atoms with Gasteiger partial charge in [0, 0.05) is 29.4 Å². The standard InChI is InChI=1S/C20H19N5O2S/c1-3-14(20(26)27)9-16-12(2)23-11-25(16)10-13-4-5-17-15(8-13)24-18-19(28-17)22-7-6-21-18/h4-9,11H,3,10H2,1-2H3,(H,21,24)(H,26,27)/b14-9+. The minimum Gasteiger partial charge on any atom is -0.478 e. The zero-order valence-corrected chi connectivity index (χ0v) is 16.3. The van der Waals surface area contributed by atoms with Crippen molar-refractivity contribution in [2.45, 2.75) is 36.7 Å². The largest absolute Gasteiger partial charge is 0.478 e. The summed E-state index contributed by atoms with van der Waals surface area (Å²) < 4.78 is 1.97. The molecular formula is C20H19N5O2S. The molecule has 0 radical (unpaired) electrons. The van der Waals surface area contributed by atoms with Crippen LogP contribution in [0.3, 0.4) is 0 Å². The number of nitrogens with zero attached hydrogens (tertiary/aromatic N) is 4. The lowest BCUT2D eigenvalue weighted by molar-refractivity contribution is -0.132. The van der Waals surface area contributed by atoms with Crippen molar-refractivity contribution in [2.75, 3.05) is 5.32 Å².